The molecule has 96 valence electrons. The van der Waals surface area contributed by atoms with E-state index in [1.54, 1.807) is 11.3 Å². The van der Waals surface area contributed by atoms with Gasteiger partial charge >= 0.3 is 0 Å². The first-order valence-electron chi connectivity index (χ1n) is 5.90. The van der Waals surface area contributed by atoms with Gasteiger partial charge < -0.3 is 10.1 Å². The Hall–Kier alpha value is -1.00. The van der Waals surface area contributed by atoms with Crippen LogP contribution in [-0.4, -0.2) is 6.61 Å². The number of aryl methyl sites for hydroxylation is 1. The summed E-state index contributed by atoms with van der Waals surface area (Å²) in [5.41, 5.74) is 2.35. The van der Waals surface area contributed by atoms with Crippen molar-refractivity contribution in [2.45, 2.75) is 20.4 Å². The van der Waals surface area contributed by atoms with Gasteiger partial charge in [-0.15, -0.1) is 11.3 Å². The largest absolute Gasteiger partial charge is 0.494 e. The van der Waals surface area contributed by atoms with E-state index < -0.39 is 0 Å². The molecule has 0 aliphatic rings. The Kier molecular flexibility index (Phi) is 4.66. The maximum absolute atomic E-state index is 5.48. The lowest BCUT2D eigenvalue weighted by Gasteiger charge is -2.11. The molecule has 0 unspecified atom stereocenters. The van der Waals surface area contributed by atoms with Crippen LogP contribution in [0.25, 0.3) is 0 Å². The molecule has 0 bridgehead atoms. The molecule has 1 aromatic carbocycles. The number of hydrogen-bond donors (Lipinski definition) is 1. The summed E-state index contributed by atoms with van der Waals surface area (Å²) >= 11 is 5.29. The van der Waals surface area contributed by atoms with Crippen LogP contribution in [0.3, 0.4) is 0 Å². The van der Waals surface area contributed by atoms with Gasteiger partial charge in [-0.2, -0.15) is 0 Å². The van der Waals surface area contributed by atoms with Gasteiger partial charge in [0.2, 0.25) is 0 Å². The number of rotatable bonds is 5. The van der Waals surface area contributed by atoms with E-state index in [1.165, 1.54) is 14.9 Å². The van der Waals surface area contributed by atoms with Crippen molar-refractivity contribution >= 4 is 33.0 Å². The number of nitrogens with one attached hydrogen (secondary N) is 1. The monoisotopic (exact) mass is 325 g/mol. The molecule has 0 saturated heterocycles. The summed E-state index contributed by atoms with van der Waals surface area (Å²) in [4.78, 5) is 1.31. The molecule has 2 aromatic rings. The van der Waals surface area contributed by atoms with Gasteiger partial charge in [0.25, 0.3) is 0 Å². The molecular weight excluding hydrogens is 310 g/mol. The summed E-state index contributed by atoms with van der Waals surface area (Å²) in [6.07, 6.45) is 0. The molecule has 0 aliphatic heterocycles. The molecule has 0 fully saturated rings. The number of anilines is 1. The minimum absolute atomic E-state index is 0.703. The number of thiophene rings is 1. The maximum atomic E-state index is 5.48. The normalized spacial score (nSPS) is 10.4. The fraction of sp³-hybridized carbons (Fsp3) is 0.286. The molecular formula is C14H16BrNOS. The molecule has 4 heteroatoms. The van der Waals surface area contributed by atoms with Gasteiger partial charge in [0.1, 0.15) is 5.75 Å². The van der Waals surface area contributed by atoms with Crippen molar-refractivity contribution < 1.29 is 4.74 Å². The van der Waals surface area contributed by atoms with Gasteiger partial charge in [-0.1, -0.05) is 0 Å². The van der Waals surface area contributed by atoms with E-state index in [-0.39, 0.29) is 0 Å². The highest BCUT2D eigenvalue weighted by Crippen LogP contribution is 2.26. The number of halogens is 1. The molecule has 0 radical (unpaired) electrons. The van der Waals surface area contributed by atoms with E-state index in [9.17, 15) is 0 Å². The third-order valence-electron chi connectivity index (χ3n) is 2.64. The Morgan fingerprint density at radius 3 is 2.78 bits per heavy atom. The quantitative estimate of drug-likeness (QED) is 0.850. The van der Waals surface area contributed by atoms with E-state index in [2.05, 4.69) is 51.7 Å². The molecule has 0 spiro atoms. The zero-order valence-electron chi connectivity index (χ0n) is 10.5. The van der Waals surface area contributed by atoms with Gasteiger partial charge in [-0.25, -0.2) is 0 Å². The summed E-state index contributed by atoms with van der Waals surface area (Å²) in [7, 11) is 0. The van der Waals surface area contributed by atoms with Gasteiger partial charge in [0.05, 0.1) is 13.2 Å². The highest BCUT2D eigenvalue weighted by molar-refractivity contribution is 9.10. The molecule has 1 N–H and O–H groups in total. The molecule has 0 amide bonds. The van der Waals surface area contributed by atoms with Crippen molar-refractivity contribution in [3.8, 4) is 5.75 Å². The first kappa shape index (κ1) is 13.4. The lowest BCUT2D eigenvalue weighted by molar-refractivity contribution is 0.340. The van der Waals surface area contributed by atoms with Crippen molar-refractivity contribution in [3.63, 3.8) is 0 Å². The Labute approximate surface area is 120 Å². The second kappa shape index (κ2) is 6.25. The minimum atomic E-state index is 0.703. The summed E-state index contributed by atoms with van der Waals surface area (Å²) in [5.74, 6) is 0.929. The minimum Gasteiger partial charge on any atom is -0.494 e. The number of benzene rings is 1. The zero-order chi connectivity index (χ0) is 13.0. The summed E-state index contributed by atoms with van der Waals surface area (Å²) < 4.78 is 6.65. The summed E-state index contributed by atoms with van der Waals surface area (Å²) in [5, 5.41) is 5.54. The highest BCUT2D eigenvalue weighted by Gasteiger charge is 2.03. The van der Waals surface area contributed by atoms with Gasteiger partial charge in [0, 0.05) is 15.0 Å². The number of ether oxygens (including phenoxy) is 1. The molecule has 0 aliphatic carbocycles. The van der Waals surface area contributed by atoms with Gasteiger partial charge in [-0.3, -0.25) is 0 Å². The molecule has 1 heterocycles. The summed E-state index contributed by atoms with van der Waals surface area (Å²) in [6.45, 7) is 5.63. The fourth-order valence-corrected chi connectivity index (χ4v) is 3.15. The van der Waals surface area contributed by atoms with Crippen molar-refractivity contribution in [1.82, 2.24) is 0 Å². The molecule has 2 rings (SSSR count). The second-order valence-corrected chi connectivity index (χ2v) is 5.81. The molecule has 0 saturated carbocycles. The topological polar surface area (TPSA) is 21.3 Å². The van der Waals surface area contributed by atoms with Crippen LogP contribution in [0, 0.1) is 6.92 Å². The van der Waals surface area contributed by atoms with Crippen LogP contribution in [0.4, 0.5) is 5.69 Å². The van der Waals surface area contributed by atoms with Crippen LogP contribution in [0.15, 0.2) is 34.1 Å². The lowest BCUT2D eigenvalue weighted by atomic mass is 10.2. The van der Waals surface area contributed by atoms with Crippen molar-refractivity contribution in [3.05, 3.63) is 44.6 Å². The summed E-state index contributed by atoms with van der Waals surface area (Å²) in [6, 6.07) is 8.21. The van der Waals surface area contributed by atoms with Crippen LogP contribution >= 0.6 is 27.3 Å². The van der Waals surface area contributed by atoms with Gasteiger partial charge in [0.15, 0.2) is 0 Å². The molecule has 1 aromatic heterocycles. The van der Waals surface area contributed by atoms with Crippen LogP contribution < -0.4 is 10.1 Å². The Morgan fingerprint density at radius 1 is 1.33 bits per heavy atom. The Balaban J connectivity index is 2.03. The average Bonchev–Trinajstić information content (AvgIpc) is 2.74. The maximum Gasteiger partial charge on any atom is 0.119 e. The predicted octanol–water partition coefficient (Wildman–Crippen LogP) is 4.83. The first-order valence-corrected chi connectivity index (χ1v) is 7.57. The third-order valence-corrected chi connectivity index (χ3v) is 4.57. The van der Waals surface area contributed by atoms with Crippen molar-refractivity contribution in [2.75, 3.05) is 11.9 Å². The van der Waals surface area contributed by atoms with Crippen LogP contribution in [-0.2, 0) is 6.54 Å². The van der Waals surface area contributed by atoms with Crippen molar-refractivity contribution in [2.24, 2.45) is 0 Å². The van der Waals surface area contributed by atoms with Crippen molar-refractivity contribution in [1.29, 1.82) is 0 Å². The Bertz CT molecular complexity index is 524. The average molecular weight is 326 g/mol. The molecule has 0 atom stereocenters. The van der Waals surface area contributed by atoms with E-state index in [0.29, 0.717) is 6.61 Å². The smallest absolute Gasteiger partial charge is 0.119 e. The predicted molar refractivity (Wildman–Crippen MR) is 81.7 cm³/mol. The first-order chi connectivity index (χ1) is 8.70. The van der Waals surface area contributed by atoms with Gasteiger partial charge in [-0.05, 0) is 65.0 Å². The van der Waals surface area contributed by atoms with E-state index in [4.69, 9.17) is 4.74 Å². The lowest BCUT2D eigenvalue weighted by Crippen LogP contribution is -2.00. The standard InChI is InChI=1S/C14H16BrNOS/c1-3-17-11-4-5-13(10(2)8-11)16-9-14-12(15)6-7-18-14/h4-8,16H,3,9H2,1-2H3. The zero-order valence-corrected chi connectivity index (χ0v) is 12.9. The number of hydrogen-bond acceptors (Lipinski definition) is 3. The van der Waals surface area contributed by atoms with E-state index >= 15 is 0 Å². The molecule has 2 nitrogen and oxygen atoms in total. The van der Waals surface area contributed by atoms with Crippen LogP contribution in [0.1, 0.15) is 17.4 Å². The highest BCUT2D eigenvalue weighted by atomic mass is 79.9. The van der Waals surface area contributed by atoms with Crippen LogP contribution in [0.5, 0.6) is 5.75 Å². The second-order valence-electron chi connectivity index (χ2n) is 3.96. The Morgan fingerprint density at radius 2 is 2.17 bits per heavy atom. The SMILES string of the molecule is CCOc1ccc(NCc2sccc2Br)c(C)c1. The molecule has 18 heavy (non-hydrogen) atoms. The van der Waals surface area contributed by atoms with E-state index in [0.717, 1.165) is 18.0 Å². The van der Waals surface area contributed by atoms with E-state index in [1.807, 2.05) is 13.0 Å². The third kappa shape index (κ3) is 3.27. The fourth-order valence-electron chi connectivity index (χ4n) is 1.72. The van der Waals surface area contributed by atoms with Crippen LogP contribution in [0.2, 0.25) is 0 Å².